The van der Waals surface area contributed by atoms with Crippen LogP contribution < -0.4 is 32.2 Å². The fourth-order valence-corrected chi connectivity index (χ4v) is 4.28. The molecular weight excluding hydrogens is 453 g/mol. The van der Waals surface area contributed by atoms with E-state index in [1.54, 1.807) is 12.1 Å². The van der Waals surface area contributed by atoms with E-state index in [1.807, 2.05) is 34.9 Å². The number of nitrogens with zero attached hydrogens (tertiary/aromatic N) is 2. The summed E-state index contributed by atoms with van der Waals surface area (Å²) in [6, 6.07) is 5.21. The first-order valence-corrected chi connectivity index (χ1v) is 10.7. The van der Waals surface area contributed by atoms with Gasteiger partial charge in [0.25, 0.3) is 11.7 Å². The second kappa shape index (κ2) is 9.07. The number of hydrogen-bond donors (Lipinski definition) is 6. The average Bonchev–Trinajstić information content (AvgIpc) is 3.22. The van der Waals surface area contributed by atoms with Crippen LogP contribution in [0.2, 0.25) is 10.0 Å². The van der Waals surface area contributed by atoms with Crippen molar-refractivity contribution >= 4 is 46.3 Å². The number of hydrogen-bond acceptors (Lipinski definition) is 5. The molecule has 1 aromatic carbocycles. The van der Waals surface area contributed by atoms with Crippen molar-refractivity contribution in [2.24, 2.45) is 5.73 Å². The Morgan fingerprint density at radius 1 is 1.38 bits per heavy atom. The number of nitrogens with two attached hydrogens (primary N) is 3. The maximum atomic E-state index is 12.8. The molecule has 1 atom stereocenters. The van der Waals surface area contributed by atoms with Gasteiger partial charge in [0.05, 0.1) is 21.8 Å². The third kappa shape index (κ3) is 4.36. The summed E-state index contributed by atoms with van der Waals surface area (Å²) in [5.74, 6) is -0.214. The average molecular weight is 476 g/mol. The fourth-order valence-electron chi connectivity index (χ4n) is 3.77. The maximum Gasteiger partial charge on any atom is 0.276 e. The van der Waals surface area contributed by atoms with E-state index in [1.165, 1.54) is 6.20 Å². The maximum absolute atomic E-state index is 12.8. The van der Waals surface area contributed by atoms with Gasteiger partial charge in [0.15, 0.2) is 11.6 Å². The largest absolute Gasteiger partial charge is 0.504 e. The number of amidine groups is 1. The van der Waals surface area contributed by atoms with Gasteiger partial charge in [-0.1, -0.05) is 29.3 Å². The van der Waals surface area contributed by atoms with Gasteiger partial charge < -0.3 is 15.3 Å². The number of nitrogens with one attached hydrogen (secondary N) is 2. The van der Waals surface area contributed by atoms with E-state index in [0.29, 0.717) is 35.9 Å². The number of amides is 1. The predicted octanol–water partition coefficient (Wildman–Crippen LogP) is -0.497. The molecule has 32 heavy (non-hydrogen) atoms. The van der Waals surface area contributed by atoms with Gasteiger partial charge in [-0.15, -0.1) is 0 Å². The van der Waals surface area contributed by atoms with E-state index in [4.69, 9.17) is 34.3 Å². The van der Waals surface area contributed by atoms with Crippen LogP contribution in [0.4, 0.5) is 5.82 Å². The molecule has 9 N–H and O–H groups in total. The third-order valence-corrected chi connectivity index (χ3v) is 5.96. The number of carbonyl (C=O) groups is 1. The highest BCUT2D eigenvalue weighted by atomic mass is 35.5. The molecule has 3 heterocycles. The number of pyridine rings is 1. The van der Waals surface area contributed by atoms with Gasteiger partial charge in [0, 0.05) is 30.9 Å². The summed E-state index contributed by atoms with van der Waals surface area (Å²) in [4.78, 5) is 18.9. The van der Waals surface area contributed by atoms with E-state index in [9.17, 15) is 9.90 Å². The van der Waals surface area contributed by atoms with Crippen LogP contribution in [0.25, 0.3) is 5.57 Å². The molecule has 0 saturated carbocycles. The van der Waals surface area contributed by atoms with Crippen LogP contribution in [0.3, 0.4) is 0 Å². The number of carbonyl (C=O) groups excluding carboxylic acids is 1. The molecule has 1 unspecified atom stereocenters. The first kappa shape index (κ1) is 21.9. The summed E-state index contributed by atoms with van der Waals surface area (Å²) < 4.78 is 0. The lowest BCUT2D eigenvalue weighted by Crippen LogP contribution is -2.87. The zero-order valence-electron chi connectivity index (χ0n) is 17.0. The minimum absolute atomic E-state index is 0.0908. The number of benzene rings is 1. The first-order valence-electron chi connectivity index (χ1n) is 9.92. The number of aromatic nitrogens is 1. The summed E-state index contributed by atoms with van der Waals surface area (Å²) in [7, 11) is 0. The Kier molecular flexibility index (Phi) is 6.22. The van der Waals surface area contributed by atoms with Crippen LogP contribution >= 0.6 is 23.2 Å². The number of halogens is 2. The Labute approximate surface area is 194 Å². The smallest absolute Gasteiger partial charge is 0.276 e. The van der Waals surface area contributed by atoms with Crippen molar-refractivity contribution in [2.45, 2.75) is 12.5 Å². The van der Waals surface area contributed by atoms with Crippen molar-refractivity contribution in [3.05, 3.63) is 69.6 Å². The second-order valence-electron chi connectivity index (χ2n) is 7.50. The molecule has 4 rings (SSSR count). The third-order valence-electron chi connectivity index (χ3n) is 5.36. The number of rotatable bonds is 5. The number of anilines is 1. The first-order chi connectivity index (χ1) is 15.3. The van der Waals surface area contributed by atoms with E-state index < -0.39 is 0 Å². The standard InChI is InChI=1S/C21H21Cl2N7O2/c22-15-7-11(12-3-5-27-28-8-12)1-2-14(15)21(32)29-13-4-6-30(10-13)20-18(31)17(19(24)25)16(23)9-26-20/h1-3,5,7-9,13,27-28,31H,4,6,10H2,(H3,24,25)(H,29,32)/p+2. The fraction of sp³-hybridized carbons (Fsp3) is 0.190. The summed E-state index contributed by atoms with van der Waals surface area (Å²) in [6.07, 6.45) is 7.75. The van der Waals surface area contributed by atoms with E-state index in [-0.39, 0.29) is 34.1 Å². The number of allylic oxidation sites excluding steroid dienone is 2. The van der Waals surface area contributed by atoms with Gasteiger partial charge in [-0.05, 0) is 30.2 Å². The second-order valence-corrected chi connectivity index (χ2v) is 8.31. The van der Waals surface area contributed by atoms with Gasteiger partial charge in [-0.3, -0.25) is 15.9 Å². The molecular formula is C21H23Cl2N7O2+2. The van der Waals surface area contributed by atoms with Gasteiger partial charge in [-0.25, -0.2) is 15.8 Å². The van der Waals surface area contributed by atoms with Gasteiger partial charge in [-0.2, -0.15) is 0 Å². The molecule has 0 aliphatic carbocycles. The summed E-state index contributed by atoms with van der Waals surface area (Å²) in [5, 5.41) is 19.7. The molecule has 0 radical (unpaired) electrons. The Morgan fingerprint density at radius 2 is 2.19 bits per heavy atom. The highest BCUT2D eigenvalue weighted by Gasteiger charge is 2.29. The molecule has 1 fully saturated rings. The lowest BCUT2D eigenvalue weighted by molar-refractivity contribution is -0.639. The van der Waals surface area contributed by atoms with Crippen molar-refractivity contribution in [1.82, 2.24) is 15.7 Å². The monoisotopic (exact) mass is 475 g/mol. The zero-order valence-corrected chi connectivity index (χ0v) is 18.5. The Balaban J connectivity index is 1.45. The van der Waals surface area contributed by atoms with Crippen molar-refractivity contribution < 1.29 is 20.7 Å². The molecule has 0 spiro atoms. The predicted molar refractivity (Wildman–Crippen MR) is 123 cm³/mol. The highest BCUT2D eigenvalue weighted by molar-refractivity contribution is 6.34. The van der Waals surface area contributed by atoms with Crippen LogP contribution in [0.15, 0.2) is 42.9 Å². The number of aromatic hydroxyl groups is 1. The van der Waals surface area contributed by atoms with Crippen molar-refractivity contribution in [2.75, 3.05) is 18.0 Å². The number of quaternary nitrogens is 1. The lowest BCUT2D eigenvalue weighted by Gasteiger charge is -2.20. The molecule has 2 aliphatic heterocycles. The van der Waals surface area contributed by atoms with Gasteiger partial charge >= 0.3 is 0 Å². The Morgan fingerprint density at radius 3 is 2.88 bits per heavy atom. The van der Waals surface area contributed by atoms with Crippen molar-refractivity contribution in [1.29, 1.82) is 0 Å². The minimum atomic E-state index is -0.261. The highest BCUT2D eigenvalue weighted by Crippen LogP contribution is 2.34. The Bertz CT molecular complexity index is 1150. The lowest BCUT2D eigenvalue weighted by atomic mass is 10.0. The normalized spacial score (nSPS) is 17.6. The molecule has 1 saturated heterocycles. The topological polar surface area (TPSA) is 146 Å². The Hall–Kier alpha value is -3.27. The van der Waals surface area contributed by atoms with Crippen molar-refractivity contribution in [3.8, 4) is 5.75 Å². The molecule has 2 aliphatic rings. The zero-order chi connectivity index (χ0) is 22.8. The van der Waals surface area contributed by atoms with Gasteiger partial charge in [0.2, 0.25) is 0 Å². The van der Waals surface area contributed by atoms with Crippen LogP contribution in [0, 0.1) is 0 Å². The molecule has 166 valence electrons. The SMILES string of the molecule is NC(=[NH2+])c1c(Cl)cnc(N2CCC(NC(=O)c3ccc(C4=C[NH2+]NC=C4)cc3Cl)C2)c1O. The van der Waals surface area contributed by atoms with Gasteiger partial charge in [0.1, 0.15) is 11.8 Å². The van der Waals surface area contributed by atoms with E-state index in [2.05, 4.69) is 15.7 Å². The quantitative estimate of drug-likeness (QED) is 0.195. The molecule has 11 heteroatoms. The van der Waals surface area contributed by atoms with E-state index >= 15 is 0 Å². The molecule has 9 nitrogen and oxygen atoms in total. The van der Waals surface area contributed by atoms with Crippen LogP contribution in [0.1, 0.15) is 27.9 Å². The van der Waals surface area contributed by atoms with Crippen LogP contribution in [-0.2, 0) is 0 Å². The summed E-state index contributed by atoms with van der Waals surface area (Å²) >= 11 is 12.4. The van der Waals surface area contributed by atoms with Crippen LogP contribution in [0.5, 0.6) is 5.75 Å². The molecule has 1 amide bonds. The summed E-state index contributed by atoms with van der Waals surface area (Å²) in [5.41, 5.74) is 12.9. The molecule has 2 aromatic rings. The summed E-state index contributed by atoms with van der Waals surface area (Å²) in [6.45, 7) is 1.03. The van der Waals surface area contributed by atoms with E-state index in [0.717, 1.165) is 11.1 Å². The minimum Gasteiger partial charge on any atom is -0.504 e. The molecule has 1 aromatic heterocycles. The van der Waals surface area contributed by atoms with Crippen LogP contribution in [-0.4, -0.2) is 41.0 Å². The molecule has 0 bridgehead atoms. The van der Waals surface area contributed by atoms with Crippen molar-refractivity contribution in [3.63, 3.8) is 0 Å².